The predicted octanol–water partition coefficient (Wildman–Crippen LogP) is 22.7. The van der Waals surface area contributed by atoms with Crippen LogP contribution >= 0.6 is 23.2 Å². The highest BCUT2D eigenvalue weighted by Crippen LogP contribution is 2.58. The van der Waals surface area contributed by atoms with E-state index < -0.39 is 23.9 Å². The van der Waals surface area contributed by atoms with Crippen LogP contribution in [0.15, 0.2) is 174 Å². The summed E-state index contributed by atoms with van der Waals surface area (Å²) >= 11 is 11.4. The van der Waals surface area contributed by atoms with Gasteiger partial charge in [-0.05, 0) is 352 Å². The van der Waals surface area contributed by atoms with Gasteiger partial charge in [-0.15, -0.1) is 0 Å². The SMILES string of the molecule is CC(C)(C)OC(=O)N1[C@@H]2C[C@@H]2C[C@H]1C1=Nc2ccc(-c3ccc4nc(-c5ccc6nc([C@@H]7C[C@H]8C[C@H]8N7C(=O)OC(C)(C)C)[nH]c6c5)ccc4n3)cc2C1.CC(C)(C)OC(=O)N1[C@@H]2C[C@@H]2C[C@H]1c1nc2ccc(B3OC(C)(C)C(C)(C)O3)cc2[nH]1.Clc1ccc2nc(Cl)ccc2n1.c1cc2c(cc1-c1ccc3nc(-c4ccc5nc([C@@H]6C[C@H]7C[C@H]7N6)[nH]c5c4)ccc3n1)CC(C1C[C@@H]3C[C@@H]3C1)=N2. The molecule has 137 heavy (non-hydrogen) atoms. The van der Waals surface area contributed by atoms with Gasteiger partial charge in [0.2, 0.25) is 0 Å². The second kappa shape index (κ2) is 32.5. The van der Waals surface area contributed by atoms with Gasteiger partial charge in [0.15, 0.2) is 0 Å². The summed E-state index contributed by atoms with van der Waals surface area (Å²) in [6, 6.07) is 56.6. The zero-order valence-electron chi connectivity index (χ0n) is 79.3. The van der Waals surface area contributed by atoms with Crippen molar-refractivity contribution in [3.8, 4) is 45.0 Å². The van der Waals surface area contributed by atoms with Crippen molar-refractivity contribution in [1.82, 2.24) is 79.8 Å². The van der Waals surface area contributed by atoms with Gasteiger partial charge in [-0.3, -0.25) is 24.7 Å². The fraction of sp³-hybridized carbons (Fsp3) is 0.426. The largest absolute Gasteiger partial charge is 0.494 e. The van der Waals surface area contributed by atoms with Crippen molar-refractivity contribution in [2.45, 2.75) is 250 Å². The number of nitrogens with zero attached hydrogens (tertiary/aromatic N) is 14. The number of amides is 3. The molecule has 1 unspecified atom stereocenters. The van der Waals surface area contributed by atoms with Crippen LogP contribution in [-0.2, 0) is 36.4 Å². The van der Waals surface area contributed by atoms with E-state index in [2.05, 4.69) is 143 Å². The van der Waals surface area contributed by atoms with Gasteiger partial charge in [0.05, 0.1) is 136 Å². The van der Waals surface area contributed by atoms with E-state index >= 15 is 0 Å². The summed E-state index contributed by atoms with van der Waals surface area (Å²) in [5.41, 5.74) is 24.2. The Kier molecular flexibility index (Phi) is 20.8. The van der Waals surface area contributed by atoms with Crippen LogP contribution in [-0.4, -0.2) is 170 Å². The summed E-state index contributed by atoms with van der Waals surface area (Å²) < 4.78 is 29.6. The fourth-order valence-electron chi connectivity index (χ4n) is 22.3. The van der Waals surface area contributed by atoms with Gasteiger partial charge >= 0.3 is 25.4 Å². The summed E-state index contributed by atoms with van der Waals surface area (Å²) in [6.45, 7) is 25.4. The van der Waals surface area contributed by atoms with Gasteiger partial charge in [0.25, 0.3) is 0 Å². The normalized spacial score (nSPS) is 26.1. The number of benzene rings is 5. The van der Waals surface area contributed by atoms with Gasteiger partial charge in [-0.2, -0.15) is 0 Å². The van der Waals surface area contributed by atoms with E-state index in [0.717, 1.165) is 226 Å². The molecule has 698 valence electrons. The van der Waals surface area contributed by atoms with Crippen LogP contribution in [0.5, 0.6) is 0 Å². The second-order valence-electron chi connectivity index (χ2n) is 44.2. The lowest BCUT2D eigenvalue weighted by Gasteiger charge is -2.32. The highest BCUT2D eigenvalue weighted by atomic mass is 35.5. The zero-order valence-corrected chi connectivity index (χ0v) is 80.8. The molecule has 6 aliphatic carbocycles. The molecule has 27 rings (SSSR count). The number of halogens is 2. The molecule has 5 aromatic carbocycles. The van der Waals surface area contributed by atoms with Gasteiger partial charge < -0.3 is 43.8 Å². The first-order valence-electron chi connectivity index (χ1n) is 48.8. The minimum absolute atomic E-state index is 0.0122. The highest BCUT2D eigenvalue weighted by Gasteiger charge is 2.60. The van der Waals surface area contributed by atoms with Crippen LogP contribution in [0.1, 0.15) is 207 Å². The van der Waals surface area contributed by atoms with Crippen molar-refractivity contribution < 1.29 is 37.9 Å². The molecule has 13 aliphatic rings. The number of nitrogens with one attached hydrogen (secondary N) is 4. The maximum atomic E-state index is 13.2. The van der Waals surface area contributed by atoms with Gasteiger partial charge in [-0.1, -0.05) is 53.5 Å². The van der Waals surface area contributed by atoms with Gasteiger partial charge in [0, 0.05) is 70.7 Å². The third-order valence-corrected chi connectivity index (χ3v) is 30.7. The number of aliphatic imine (C=N–C) groups is 2. The third-order valence-electron chi connectivity index (χ3n) is 30.3. The molecule has 26 nitrogen and oxygen atoms in total. The van der Waals surface area contributed by atoms with E-state index in [0.29, 0.717) is 46.1 Å². The predicted molar refractivity (Wildman–Crippen MR) is 533 cm³/mol. The highest BCUT2D eigenvalue weighted by molar-refractivity contribution is 6.62. The topological polar surface area (TPSA) is 307 Å². The first-order chi connectivity index (χ1) is 65.5. The van der Waals surface area contributed by atoms with Crippen LogP contribution in [0.2, 0.25) is 10.3 Å². The smallest absolute Gasteiger partial charge is 0.444 e. The molecule has 29 heteroatoms. The Labute approximate surface area is 804 Å². The Bertz CT molecular complexity index is 7320. The maximum Gasteiger partial charge on any atom is 0.494 e. The molecule has 4 N–H and O–H groups in total. The summed E-state index contributed by atoms with van der Waals surface area (Å²) in [5.74, 6) is 7.84. The number of aromatic amines is 3. The molecule has 11 fully saturated rings. The number of rotatable bonds is 10. The molecule has 0 spiro atoms. The molecule has 14 aromatic rings. The molecule has 7 aliphatic heterocycles. The number of pyridine rings is 6. The first-order valence-corrected chi connectivity index (χ1v) is 49.5. The molecule has 3 amide bonds. The lowest BCUT2D eigenvalue weighted by Crippen LogP contribution is -2.45. The Morgan fingerprint density at radius 3 is 1.19 bits per heavy atom. The number of carbonyl (C=O) groups excluding carboxylic acids is 3. The van der Waals surface area contributed by atoms with Crippen LogP contribution < -0.4 is 10.8 Å². The van der Waals surface area contributed by atoms with E-state index in [-0.39, 0.29) is 65.7 Å². The van der Waals surface area contributed by atoms with E-state index in [1.165, 1.54) is 43.4 Å². The van der Waals surface area contributed by atoms with Crippen molar-refractivity contribution in [3.05, 3.63) is 203 Å². The maximum absolute atomic E-state index is 13.2. The van der Waals surface area contributed by atoms with Crippen molar-refractivity contribution in [3.63, 3.8) is 0 Å². The molecule has 6 saturated carbocycles. The number of carbonyl (C=O) groups is 3. The average Bonchev–Trinajstić information content (AvgIpc) is 1.57. The lowest BCUT2D eigenvalue weighted by molar-refractivity contribution is 0.00578. The van der Waals surface area contributed by atoms with Crippen LogP contribution in [0, 0.1) is 41.4 Å². The van der Waals surface area contributed by atoms with Crippen molar-refractivity contribution in [1.29, 1.82) is 0 Å². The first kappa shape index (κ1) is 87.6. The molecule has 15 atom stereocenters. The number of imidazole rings is 3. The van der Waals surface area contributed by atoms with Gasteiger partial charge in [-0.25, -0.2) is 59.2 Å². The zero-order chi connectivity index (χ0) is 94.1. The van der Waals surface area contributed by atoms with E-state index in [9.17, 15) is 14.4 Å². The molecule has 9 aromatic heterocycles. The summed E-state index contributed by atoms with van der Waals surface area (Å²) in [4.78, 5) is 108. The second-order valence-corrected chi connectivity index (χ2v) is 45.0. The molecule has 16 heterocycles. The number of fused-ring (bicyclic) bond motifs is 13. The number of ether oxygens (including phenoxy) is 3. The van der Waals surface area contributed by atoms with Crippen LogP contribution in [0.4, 0.5) is 25.8 Å². The van der Waals surface area contributed by atoms with E-state index in [4.69, 9.17) is 91.6 Å². The number of likely N-dealkylation sites (tertiary alicyclic amines) is 3. The number of hydrogen-bond acceptors (Lipinski definition) is 20. The number of hydrogen-bond donors (Lipinski definition) is 4. The number of piperidine rings is 4. The standard InChI is InChI=1S/C43H45N7O4.C34H30N6.C23H32BN3O4.C8H4Cl2N2/c1-42(2,3)53-40(51)49-35-18-25(35)20-37(49)34-17-24-15-22(7-9-29(24)46-34)27-11-13-31-30(44-27)14-12-28(45-31)23-8-10-32-33(16-23)48-39(47-32)38-21-26-19-36(26)50(38)41(52)54-43(4,5)6;1-3-26-22(14-30(37-26)21-11-19-10-20(19)12-21)9-17(1)24-5-7-28-27(35-24)8-6-25(36-28)18-2-4-29-32(13-18)40-34(39-29)33-16-23-15-31(23)38-33;1-21(2,3)29-20(28)27-17-10-13(17)11-18(27)19-25-15-9-8-14(12-16(15)26-19)24-30-22(4,5)23(6,7)31-24;9-7-3-1-5-6(12-7)2-4-8(10)11-5/h7-16,25-26,35-38H,17-21H2,1-6H3,(H,47,48);1-9,13,19-21,23,31,33,38H,10-12,14-16H2,(H,39,40);8-9,12-13,17-18H,10-11H2,1-7H3,(H,25,26);1-4H/t25-,26-,35-,36-,37+,38+;19-,20+,21?,23-,31-,33+;13-,17-,18+;/m111./s1. The van der Waals surface area contributed by atoms with Crippen molar-refractivity contribution in [2.24, 2.45) is 51.4 Å². The Hall–Kier alpha value is -12.1. The Morgan fingerprint density at radius 1 is 0.372 bits per heavy atom. The average molecular weight is 1870 g/mol. The summed E-state index contributed by atoms with van der Waals surface area (Å²) in [5, 5.41) is 4.63. The van der Waals surface area contributed by atoms with Gasteiger partial charge in [0.1, 0.15) is 44.6 Å². The van der Waals surface area contributed by atoms with Crippen LogP contribution in [0.3, 0.4) is 0 Å². The molecular weight excluding hydrogens is 1760 g/mol. The van der Waals surface area contributed by atoms with E-state index in [1.54, 1.807) is 24.3 Å². The Morgan fingerprint density at radius 2 is 0.745 bits per heavy atom. The van der Waals surface area contributed by atoms with E-state index in [1.807, 2.05) is 132 Å². The minimum atomic E-state index is -0.548. The lowest BCUT2D eigenvalue weighted by atomic mass is 9.79. The quantitative estimate of drug-likeness (QED) is 0.0562. The minimum Gasteiger partial charge on any atom is -0.444 e. The monoisotopic (exact) mass is 1870 g/mol. The molecule has 0 radical (unpaired) electrons. The molecule has 0 bridgehead atoms. The third kappa shape index (κ3) is 17.2. The Balaban J connectivity index is 0.000000109. The van der Waals surface area contributed by atoms with Crippen LogP contribution in [0.25, 0.3) is 111 Å². The number of aromatic nitrogens is 12. The summed E-state index contributed by atoms with van der Waals surface area (Å²) in [7, 11) is -0.418. The molecule has 5 saturated heterocycles. The number of H-pyrrole nitrogens is 3. The molecular formula is C108H111BCl2N18O8. The van der Waals surface area contributed by atoms with Crippen molar-refractivity contribution >= 4 is 143 Å². The van der Waals surface area contributed by atoms with Crippen molar-refractivity contribution in [2.75, 3.05) is 0 Å². The fourth-order valence-corrected chi connectivity index (χ4v) is 22.6. The summed E-state index contributed by atoms with van der Waals surface area (Å²) in [6.07, 6.45) is 13.6.